The van der Waals surface area contributed by atoms with Crippen molar-refractivity contribution in [2.75, 3.05) is 5.32 Å². The molecule has 6 nitrogen and oxygen atoms in total. The van der Waals surface area contributed by atoms with Gasteiger partial charge in [-0.05, 0) is 40.6 Å². The van der Waals surface area contributed by atoms with Crippen molar-refractivity contribution in [3.8, 4) is 0 Å². The van der Waals surface area contributed by atoms with Crippen LogP contribution in [0.1, 0.15) is 22.8 Å². The summed E-state index contributed by atoms with van der Waals surface area (Å²) in [5, 5.41) is 7.42. The molecule has 0 saturated carbocycles. The lowest BCUT2D eigenvalue weighted by Gasteiger charge is -2.17. The summed E-state index contributed by atoms with van der Waals surface area (Å²) in [6, 6.07) is 19.3. The number of benzene rings is 3. The molecular formula is C22H21N3O3. The number of hydrogen-bond donors (Lipinski definition) is 3. The summed E-state index contributed by atoms with van der Waals surface area (Å²) in [6.07, 6.45) is 0.298. The first kappa shape index (κ1) is 19.1. The van der Waals surface area contributed by atoms with Gasteiger partial charge in [0.15, 0.2) is 0 Å². The van der Waals surface area contributed by atoms with E-state index in [2.05, 4.69) is 10.6 Å². The second-order valence-corrected chi connectivity index (χ2v) is 6.53. The molecule has 1 atom stereocenters. The molecule has 0 fully saturated rings. The molecule has 6 heteroatoms. The van der Waals surface area contributed by atoms with Gasteiger partial charge in [0.05, 0.1) is 0 Å². The molecule has 0 radical (unpaired) electrons. The predicted molar refractivity (Wildman–Crippen MR) is 109 cm³/mol. The number of primary amides is 1. The first-order valence-corrected chi connectivity index (χ1v) is 8.88. The molecular weight excluding hydrogens is 354 g/mol. The quantitative estimate of drug-likeness (QED) is 0.617. The Labute approximate surface area is 162 Å². The molecule has 0 saturated heterocycles. The smallest absolute Gasteiger partial charge is 0.251 e. The highest BCUT2D eigenvalue weighted by molar-refractivity contribution is 5.98. The van der Waals surface area contributed by atoms with E-state index in [0.29, 0.717) is 17.7 Å². The lowest BCUT2D eigenvalue weighted by Crippen LogP contribution is -2.45. The van der Waals surface area contributed by atoms with E-state index < -0.39 is 17.9 Å². The fraction of sp³-hybridized carbons (Fsp3) is 0.136. The molecule has 0 aliphatic heterocycles. The second-order valence-electron chi connectivity index (χ2n) is 6.53. The van der Waals surface area contributed by atoms with Crippen molar-refractivity contribution in [1.29, 1.82) is 0 Å². The number of carbonyl (C=O) groups excluding carboxylic acids is 3. The van der Waals surface area contributed by atoms with Crippen LogP contribution in [-0.2, 0) is 16.0 Å². The Kier molecular flexibility index (Phi) is 5.69. The van der Waals surface area contributed by atoms with Crippen LogP contribution in [-0.4, -0.2) is 23.8 Å². The molecule has 0 bridgehead atoms. The van der Waals surface area contributed by atoms with Gasteiger partial charge >= 0.3 is 0 Å². The molecule has 3 amide bonds. The van der Waals surface area contributed by atoms with Crippen molar-refractivity contribution in [3.63, 3.8) is 0 Å². The lowest BCUT2D eigenvalue weighted by atomic mass is 9.98. The Morgan fingerprint density at radius 3 is 2.29 bits per heavy atom. The zero-order valence-electron chi connectivity index (χ0n) is 15.4. The fourth-order valence-electron chi connectivity index (χ4n) is 3.06. The standard InChI is InChI=1S/C22H21N3O3/c1-14(26)24-18-11-9-16(10-12-18)22(28)25-20(21(23)27)13-17-7-4-6-15-5-2-3-8-19(15)17/h2-12,20H,13H2,1H3,(H2,23,27)(H,24,26)(H,25,28)/t20-/m0/s1. The highest BCUT2D eigenvalue weighted by Gasteiger charge is 2.20. The third-order valence-corrected chi connectivity index (χ3v) is 4.42. The maximum atomic E-state index is 12.5. The number of hydrogen-bond acceptors (Lipinski definition) is 3. The van der Waals surface area contributed by atoms with Crippen LogP contribution >= 0.6 is 0 Å². The first-order valence-electron chi connectivity index (χ1n) is 8.88. The molecule has 3 rings (SSSR count). The Morgan fingerprint density at radius 1 is 0.929 bits per heavy atom. The summed E-state index contributed by atoms with van der Waals surface area (Å²) < 4.78 is 0. The summed E-state index contributed by atoms with van der Waals surface area (Å²) in [5.74, 6) is -1.20. The Morgan fingerprint density at radius 2 is 1.61 bits per heavy atom. The fourth-order valence-corrected chi connectivity index (χ4v) is 3.06. The maximum Gasteiger partial charge on any atom is 0.251 e. The van der Waals surface area contributed by atoms with Gasteiger partial charge in [0.25, 0.3) is 5.91 Å². The SMILES string of the molecule is CC(=O)Nc1ccc(C(=O)N[C@@H](Cc2cccc3ccccc23)C(N)=O)cc1. The Balaban J connectivity index is 1.76. The number of carbonyl (C=O) groups is 3. The highest BCUT2D eigenvalue weighted by Crippen LogP contribution is 2.20. The molecule has 0 aliphatic carbocycles. The lowest BCUT2D eigenvalue weighted by molar-refractivity contribution is -0.119. The van der Waals surface area contributed by atoms with Gasteiger partial charge in [-0.1, -0.05) is 42.5 Å². The van der Waals surface area contributed by atoms with Gasteiger partial charge in [-0.25, -0.2) is 0 Å². The van der Waals surface area contributed by atoms with Crippen LogP contribution in [0.4, 0.5) is 5.69 Å². The zero-order chi connectivity index (χ0) is 20.1. The minimum Gasteiger partial charge on any atom is -0.368 e. The van der Waals surface area contributed by atoms with Crippen LogP contribution in [0.3, 0.4) is 0 Å². The monoisotopic (exact) mass is 375 g/mol. The third kappa shape index (κ3) is 4.54. The van der Waals surface area contributed by atoms with Crippen molar-refractivity contribution in [1.82, 2.24) is 5.32 Å². The molecule has 0 heterocycles. The van der Waals surface area contributed by atoms with Crippen molar-refractivity contribution < 1.29 is 14.4 Å². The van der Waals surface area contributed by atoms with E-state index in [1.54, 1.807) is 24.3 Å². The van der Waals surface area contributed by atoms with E-state index in [-0.39, 0.29) is 5.91 Å². The van der Waals surface area contributed by atoms with E-state index in [4.69, 9.17) is 5.73 Å². The molecule has 3 aromatic rings. The number of nitrogens with two attached hydrogens (primary N) is 1. The van der Waals surface area contributed by atoms with E-state index >= 15 is 0 Å². The summed E-state index contributed by atoms with van der Waals surface area (Å²) in [5.41, 5.74) is 7.43. The molecule has 0 unspecified atom stereocenters. The van der Waals surface area contributed by atoms with Crippen LogP contribution in [0.2, 0.25) is 0 Å². The summed E-state index contributed by atoms with van der Waals surface area (Å²) in [6.45, 7) is 1.41. The largest absolute Gasteiger partial charge is 0.368 e. The maximum absolute atomic E-state index is 12.5. The minimum atomic E-state index is -0.840. The normalized spacial score (nSPS) is 11.6. The highest BCUT2D eigenvalue weighted by atomic mass is 16.2. The van der Waals surface area contributed by atoms with Crippen molar-refractivity contribution >= 4 is 34.2 Å². The van der Waals surface area contributed by atoms with Crippen LogP contribution in [0.15, 0.2) is 66.7 Å². The first-order chi connectivity index (χ1) is 13.4. The Bertz CT molecular complexity index is 1020. The number of fused-ring (bicyclic) bond motifs is 1. The molecule has 4 N–H and O–H groups in total. The average Bonchev–Trinajstić information content (AvgIpc) is 2.67. The Hall–Kier alpha value is -3.67. The van der Waals surface area contributed by atoms with Gasteiger partial charge in [-0.3, -0.25) is 14.4 Å². The summed E-state index contributed by atoms with van der Waals surface area (Å²) in [4.78, 5) is 35.6. The van der Waals surface area contributed by atoms with Crippen LogP contribution in [0.5, 0.6) is 0 Å². The van der Waals surface area contributed by atoms with Crippen LogP contribution in [0.25, 0.3) is 10.8 Å². The van der Waals surface area contributed by atoms with Gasteiger partial charge in [-0.15, -0.1) is 0 Å². The van der Waals surface area contributed by atoms with Crippen molar-refractivity contribution in [3.05, 3.63) is 77.9 Å². The van der Waals surface area contributed by atoms with Gasteiger partial charge < -0.3 is 16.4 Å². The van der Waals surface area contributed by atoms with Gasteiger partial charge in [-0.2, -0.15) is 0 Å². The minimum absolute atomic E-state index is 0.193. The summed E-state index contributed by atoms with van der Waals surface area (Å²) >= 11 is 0. The molecule has 142 valence electrons. The summed E-state index contributed by atoms with van der Waals surface area (Å²) in [7, 11) is 0. The van der Waals surface area contributed by atoms with E-state index in [1.807, 2.05) is 42.5 Å². The van der Waals surface area contributed by atoms with Crippen LogP contribution < -0.4 is 16.4 Å². The molecule has 0 aromatic heterocycles. The van der Waals surface area contributed by atoms with Gasteiger partial charge in [0, 0.05) is 24.6 Å². The average molecular weight is 375 g/mol. The number of rotatable bonds is 6. The van der Waals surface area contributed by atoms with Gasteiger partial charge in [0.1, 0.15) is 6.04 Å². The molecule has 0 aliphatic rings. The molecule has 28 heavy (non-hydrogen) atoms. The number of anilines is 1. The van der Waals surface area contributed by atoms with Crippen molar-refractivity contribution in [2.45, 2.75) is 19.4 Å². The topological polar surface area (TPSA) is 101 Å². The second kappa shape index (κ2) is 8.35. The van der Waals surface area contributed by atoms with Gasteiger partial charge in [0.2, 0.25) is 11.8 Å². The van der Waals surface area contributed by atoms with E-state index in [1.165, 1.54) is 6.92 Å². The van der Waals surface area contributed by atoms with Crippen molar-refractivity contribution in [2.24, 2.45) is 5.73 Å². The van der Waals surface area contributed by atoms with E-state index in [0.717, 1.165) is 16.3 Å². The number of amides is 3. The number of nitrogens with one attached hydrogen (secondary N) is 2. The molecule has 3 aromatic carbocycles. The molecule has 0 spiro atoms. The predicted octanol–water partition coefficient (Wildman–Crippen LogP) is 2.62. The van der Waals surface area contributed by atoms with E-state index in [9.17, 15) is 14.4 Å². The van der Waals surface area contributed by atoms with Crippen LogP contribution in [0, 0.1) is 0 Å². The third-order valence-electron chi connectivity index (χ3n) is 4.42. The zero-order valence-corrected chi connectivity index (χ0v) is 15.4.